The van der Waals surface area contributed by atoms with Gasteiger partial charge in [-0.05, 0) is 50.3 Å². The molecule has 2 rings (SSSR count). The fourth-order valence-corrected chi connectivity index (χ4v) is 2.47. The van der Waals surface area contributed by atoms with E-state index in [1.807, 2.05) is 10.9 Å². The Balaban J connectivity index is 0.00000200. The molecule has 0 aliphatic carbocycles. The molecule has 1 heterocycles. The first kappa shape index (κ1) is 17.2. The molecule has 0 unspecified atom stereocenters. The van der Waals surface area contributed by atoms with Crippen LogP contribution in [0, 0.1) is 6.92 Å². The summed E-state index contributed by atoms with van der Waals surface area (Å²) in [7, 11) is 0. The number of rotatable bonds is 5. The molecule has 0 amide bonds. The number of benzene rings is 1. The zero-order chi connectivity index (χ0) is 13.8. The van der Waals surface area contributed by atoms with Crippen LogP contribution < -0.4 is 0 Å². The van der Waals surface area contributed by atoms with Crippen LogP contribution in [-0.2, 0) is 27.5 Å². The SMILES string of the molecule is CCCCc1cccc(C)c1-c1cnn(C(C)C)c1.[Pt]. The quantitative estimate of drug-likeness (QED) is 0.640. The second-order valence-electron chi connectivity index (χ2n) is 5.52. The Kier molecular flexibility index (Phi) is 6.68. The van der Waals surface area contributed by atoms with E-state index in [1.165, 1.54) is 35.1 Å². The van der Waals surface area contributed by atoms with Crippen molar-refractivity contribution in [3.8, 4) is 11.1 Å². The Labute approximate surface area is 136 Å². The van der Waals surface area contributed by atoms with Crippen LogP contribution in [0.1, 0.15) is 50.8 Å². The largest absolute Gasteiger partial charge is 0.270 e. The van der Waals surface area contributed by atoms with E-state index in [9.17, 15) is 0 Å². The van der Waals surface area contributed by atoms with Crippen LogP contribution in [0.4, 0.5) is 0 Å². The molecule has 0 radical (unpaired) electrons. The molecular weight excluding hydrogens is 427 g/mol. The summed E-state index contributed by atoms with van der Waals surface area (Å²) in [6.45, 7) is 8.75. The molecule has 2 aromatic rings. The minimum atomic E-state index is 0. The Bertz CT molecular complexity index is 544. The molecule has 0 atom stereocenters. The van der Waals surface area contributed by atoms with Gasteiger partial charge >= 0.3 is 0 Å². The monoisotopic (exact) mass is 451 g/mol. The zero-order valence-electron chi connectivity index (χ0n) is 12.8. The molecule has 0 spiro atoms. The molecule has 1 aromatic carbocycles. The molecular formula is C17H24N2Pt. The summed E-state index contributed by atoms with van der Waals surface area (Å²) in [4.78, 5) is 0. The van der Waals surface area contributed by atoms with Crippen molar-refractivity contribution in [2.24, 2.45) is 0 Å². The van der Waals surface area contributed by atoms with Crippen LogP contribution in [0.15, 0.2) is 30.6 Å². The average Bonchev–Trinajstić information content (AvgIpc) is 2.85. The molecule has 0 aliphatic rings. The Hall–Kier alpha value is -0.882. The molecule has 0 saturated carbocycles. The van der Waals surface area contributed by atoms with Crippen molar-refractivity contribution in [3.05, 3.63) is 41.7 Å². The smallest absolute Gasteiger partial charge is 0.0568 e. The maximum atomic E-state index is 4.47. The second-order valence-corrected chi connectivity index (χ2v) is 5.52. The summed E-state index contributed by atoms with van der Waals surface area (Å²) < 4.78 is 2.03. The van der Waals surface area contributed by atoms with Gasteiger partial charge in [-0.25, -0.2) is 0 Å². The second kappa shape index (κ2) is 7.78. The van der Waals surface area contributed by atoms with Crippen molar-refractivity contribution in [2.75, 3.05) is 0 Å². The number of nitrogens with zero attached hydrogens (tertiary/aromatic N) is 2. The van der Waals surface area contributed by atoms with Gasteiger partial charge in [0.25, 0.3) is 0 Å². The minimum absolute atomic E-state index is 0. The van der Waals surface area contributed by atoms with E-state index in [4.69, 9.17) is 0 Å². The molecule has 0 aliphatic heterocycles. The van der Waals surface area contributed by atoms with Crippen molar-refractivity contribution in [3.63, 3.8) is 0 Å². The van der Waals surface area contributed by atoms with E-state index in [1.54, 1.807) is 0 Å². The molecule has 0 bridgehead atoms. The predicted molar refractivity (Wildman–Crippen MR) is 81.4 cm³/mol. The van der Waals surface area contributed by atoms with Gasteiger partial charge in [0, 0.05) is 38.9 Å². The van der Waals surface area contributed by atoms with Crippen LogP contribution in [-0.4, -0.2) is 9.78 Å². The summed E-state index contributed by atoms with van der Waals surface area (Å²) in [5, 5.41) is 4.47. The van der Waals surface area contributed by atoms with Crippen LogP contribution in [0.5, 0.6) is 0 Å². The van der Waals surface area contributed by atoms with Crippen LogP contribution >= 0.6 is 0 Å². The van der Waals surface area contributed by atoms with Gasteiger partial charge in [0.1, 0.15) is 0 Å². The van der Waals surface area contributed by atoms with Gasteiger partial charge < -0.3 is 0 Å². The number of unbranched alkanes of at least 4 members (excludes halogenated alkanes) is 1. The van der Waals surface area contributed by atoms with E-state index in [0.29, 0.717) is 6.04 Å². The van der Waals surface area contributed by atoms with Gasteiger partial charge in [-0.15, -0.1) is 0 Å². The summed E-state index contributed by atoms with van der Waals surface area (Å²) in [5.74, 6) is 0. The average molecular weight is 451 g/mol. The standard InChI is InChI=1S/C17H24N2.Pt/c1-5-6-9-15-10-7-8-14(4)17(15)16-11-18-19(12-16)13(2)3;/h7-8,10-13H,5-6,9H2,1-4H3;. The van der Waals surface area contributed by atoms with Crippen molar-refractivity contribution in [2.45, 2.75) is 53.0 Å². The summed E-state index contributed by atoms with van der Waals surface area (Å²) in [6.07, 6.45) is 7.80. The van der Waals surface area contributed by atoms with Crippen molar-refractivity contribution in [1.29, 1.82) is 0 Å². The molecule has 112 valence electrons. The normalized spacial score (nSPS) is 10.7. The maximum Gasteiger partial charge on any atom is 0.0568 e. The molecule has 3 heteroatoms. The van der Waals surface area contributed by atoms with Gasteiger partial charge in [0.2, 0.25) is 0 Å². The third-order valence-corrected chi connectivity index (χ3v) is 3.58. The van der Waals surface area contributed by atoms with Crippen molar-refractivity contribution in [1.82, 2.24) is 9.78 Å². The van der Waals surface area contributed by atoms with Gasteiger partial charge in [-0.1, -0.05) is 31.5 Å². The van der Waals surface area contributed by atoms with Crippen molar-refractivity contribution < 1.29 is 21.1 Å². The first-order valence-corrected chi connectivity index (χ1v) is 7.26. The van der Waals surface area contributed by atoms with Gasteiger partial charge in [-0.3, -0.25) is 4.68 Å². The summed E-state index contributed by atoms with van der Waals surface area (Å²) >= 11 is 0. The van der Waals surface area contributed by atoms with Crippen LogP contribution in [0.2, 0.25) is 0 Å². The molecule has 0 fully saturated rings. The third-order valence-electron chi connectivity index (χ3n) is 3.58. The minimum Gasteiger partial charge on any atom is -0.270 e. The maximum absolute atomic E-state index is 4.47. The molecule has 0 saturated heterocycles. The molecule has 2 nitrogen and oxygen atoms in total. The van der Waals surface area contributed by atoms with Gasteiger partial charge in [0.05, 0.1) is 6.20 Å². The molecule has 0 N–H and O–H groups in total. The molecule has 1 aromatic heterocycles. The Morgan fingerprint density at radius 1 is 1.25 bits per heavy atom. The molecule has 20 heavy (non-hydrogen) atoms. The first-order chi connectivity index (χ1) is 9.13. The summed E-state index contributed by atoms with van der Waals surface area (Å²) in [5.41, 5.74) is 5.42. The van der Waals surface area contributed by atoms with Crippen LogP contribution in [0.25, 0.3) is 11.1 Å². The zero-order valence-corrected chi connectivity index (χ0v) is 15.1. The fourth-order valence-electron chi connectivity index (χ4n) is 2.47. The topological polar surface area (TPSA) is 17.8 Å². The van der Waals surface area contributed by atoms with E-state index < -0.39 is 0 Å². The van der Waals surface area contributed by atoms with Crippen LogP contribution in [0.3, 0.4) is 0 Å². The van der Waals surface area contributed by atoms with E-state index in [2.05, 4.69) is 57.2 Å². The van der Waals surface area contributed by atoms with Crippen molar-refractivity contribution >= 4 is 0 Å². The first-order valence-electron chi connectivity index (χ1n) is 7.26. The van der Waals surface area contributed by atoms with Gasteiger partial charge in [0.15, 0.2) is 0 Å². The third kappa shape index (κ3) is 3.82. The number of aromatic nitrogens is 2. The fraction of sp³-hybridized carbons (Fsp3) is 0.471. The van der Waals surface area contributed by atoms with E-state index in [-0.39, 0.29) is 21.1 Å². The number of hydrogen-bond acceptors (Lipinski definition) is 1. The predicted octanol–water partition coefficient (Wildman–Crippen LogP) is 4.78. The van der Waals surface area contributed by atoms with E-state index in [0.717, 1.165) is 6.42 Å². The number of hydrogen-bond donors (Lipinski definition) is 0. The van der Waals surface area contributed by atoms with E-state index >= 15 is 0 Å². The Morgan fingerprint density at radius 3 is 2.60 bits per heavy atom. The Morgan fingerprint density at radius 2 is 2.00 bits per heavy atom. The number of aryl methyl sites for hydroxylation is 2. The van der Waals surface area contributed by atoms with Gasteiger partial charge in [-0.2, -0.15) is 5.10 Å². The summed E-state index contributed by atoms with van der Waals surface area (Å²) in [6, 6.07) is 7.02.